The molecule has 1 aliphatic carbocycles. The summed E-state index contributed by atoms with van der Waals surface area (Å²) in [6.07, 6.45) is 7.20. The fourth-order valence-corrected chi connectivity index (χ4v) is 4.13. The highest BCUT2D eigenvalue weighted by atomic mass is 32.2. The summed E-state index contributed by atoms with van der Waals surface area (Å²) in [7, 11) is -3.74. The second kappa shape index (κ2) is 6.28. The van der Waals surface area contributed by atoms with Crippen molar-refractivity contribution in [2.75, 3.05) is 0 Å². The van der Waals surface area contributed by atoms with Crippen molar-refractivity contribution in [2.24, 2.45) is 5.41 Å². The maximum atomic E-state index is 12.8. The molecular formula is C18H20O4S. The first-order chi connectivity index (χ1) is 10.8. The number of aliphatic hydroxyl groups is 2. The van der Waals surface area contributed by atoms with Crippen molar-refractivity contribution in [1.29, 1.82) is 0 Å². The van der Waals surface area contributed by atoms with Gasteiger partial charge in [0.15, 0.2) is 5.79 Å². The van der Waals surface area contributed by atoms with Gasteiger partial charge in [-0.1, -0.05) is 36.4 Å². The van der Waals surface area contributed by atoms with Crippen molar-refractivity contribution in [1.82, 2.24) is 0 Å². The first-order valence-corrected chi connectivity index (χ1v) is 8.66. The number of rotatable bonds is 6. The number of allylic oxidation sites excluding steroid dienone is 3. The van der Waals surface area contributed by atoms with E-state index in [1.54, 1.807) is 18.2 Å². The van der Waals surface area contributed by atoms with E-state index in [2.05, 4.69) is 13.2 Å². The molecule has 1 aromatic rings. The molecule has 4 nitrogen and oxygen atoms in total. The van der Waals surface area contributed by atoms with Crippen molar-refractivity contribution in [3.63, 3.8) is 0 Å². The van der Waals surface area contributed by atoms with Crippen LogP contribution >= 0.6 is 0 Å². The van der Waals surface area contributed by atoms with Gasteiger partial charge in [0.25, 0.3) is 0 Å². The Labute approximate surface area is 136 Å². The molecule has 0 radical (unpaired) electrons. The maximum Gasteiger partial charge on any atom is 0.206 e. The smallest absolute Gasteiger partial charge is 0.206 e. The fraction of sp³-hybridized carbons (Fsp3) is 0.222. The maximum absolute atomic E-state index is 12.8. The van der Waals surface area contributed by atoms with E-state index >= 15 is 0 Å². The highest BCUT2D eigenvalue weighted by Gasteiger charge is 2.47. The topological polar surface area (TPSA) is 74.6 Å². The summed E-state index contributed by atoms with van der Waals surface area (Å²) < 4.78 is 25.5. The Hall–Kier alpha value is -1.95. The van der Waals surface area contributed by atoms with Crippen molar-refractivity contribution < 1.29 is 18.6 Å². The van der Waals surface area contributed by atoms with E-state index < -0.39 is 21.0 Å². The zero-order valence-electron chi connectivity index (χ0n) is 12.7. The van der Waals surface area contributed by atoms with Gasteiger partial charge in [0.1, 0.15) is 0 Å². The molecule has 0 heterocycles. The van der Waals surface area contributed by atoms with Crippen LogP contribution in [0.15, 0.2) is 83.7 Å². The predicted octanol–water partition coefficient (Wildman–Crippen LogP) is 2.73. The van der Waals surface area contributed by atoms with Gasteiger partial charge in [0, 0.05) is 0 Å². The van der Waals surface area contributed by atoms with Crippen LogP contribution in [0.4, 0.5) is 0 Å². The predicted molar refractivity (Wildman–Crippen MR) is 90.1 cm³/mol. The Morgan fingerprint density at radius 2 is 1.61 bits per heavy atom. The van der Waals surface area contributed by atoms with Crippen LogP contribution in [-0.4, -0.2) is 24.4 Å². The van der Waals surface area contributed by atoms with Gasteiger partial charge in [0.05, 0.1) is 15.2 Å². The average molecular weight is 332 g/mol. The largest absolute Gasteiger partial charge is 0.362 e. The van der Waals surface area contributed by atoms with Crippen LogP contribution in [-0.2, 0) is 9.84 Å². The van der Waals surface area contributed by atoms with Gasteiger partial charge in [-0.15, -0.1) is 13.2 Å². The minimum absolute atomic E-state index is 0.0334. The van der Waals surface area contributed by atoms with Crippen molar-refractivity contribution >= 4 is 9.84 Å². The summed E-state index contributed by atoms with van der Waals surface area (Å²) >= 11 is 0. The monoisotopic (exact) mass is 332 g/mol. The third-order valence-corrected chi connectivity index (χ3v) is 5.78. The molecule has 0 fully saturated rings. The molecule has 0 saturated heterocycles. The van der Waals surface area contributed by atoms with E-state index in [-0.39, 0.29) is 22.6 Å². The van der Waals surface area contributed by atoms with Gasteiger partial charge < -0.3 is 10.2 Å². The highest BCUT2D eigenvalue weighted by Crippen LogP contribution is 2.45. The van der Waals surface area contributed by atoms with Crippen molar-refractivity contribution in [2.45, 2.75) is 23.5 Å². The molecule has 0 atom stereocenters. The molecule has 2 rings (SSSR count). The Kier molecular flexibility index (Phi) is 4.75. The van der Waals surface area contributed by atoms with E-state index in [0.717, 1.165) is 6.08 Å². The van der Waals surface area contributed by atoms with Gasteiger partial charge in [-0.2, -0.15) is 0 Å². The van der Waals surface area contributed by atoms with Gasteiger partial charge >= 0.3 is 0 Å². The molecule has 0 spiro atoms. The third-order valence-electron chi connectivity index (χ3n) is 4.01. The summed E-state index contributed by atoms with van der Waals surface area (Å²) in [5.41, 5.74) is -1.22. The first kappa shape index (κ1) is 17.4. The van der Waals surface area contributed by atoms with E-state index in [0.29, 0.717) is 0 Å². The Morgan fingerprint density at radius 1 is 1.04 bits per heavy atom. The van der Waals surface area contributed by atoms with Gasteiger partial charge in [-0.3, -0.25) is 0 Å². The molecule has 23 heavy (non-hydrogen) atoms. The standard InChI is InChI=1S/C18H20O4S/c1-3-11-17(12-4-2)14-16(10-13-18(17,19)20)23(21,22)15-8-6-5-7-9-15/h3-10,13-14,19-20H,1-2,11-12H2. The summed E-state index contributed by atoms with van der Waals surface area (Å²) in [4.78, 5) is 0.191. The minimum atomic E-state index is -3.74. The van der Waals surface area contributed by atoms with E-state index in [1.165, 1.54) is 36.4 Å². The highest BCUT2D eigenvalue weighted by molar-refractivity contribution is 7.95. The lowest BCUT2D eigenvalue weighted by molar-refractivity contribution is -0.188. The second-order valence-electron chi connectivity index (χ2n) is 5.56. The van der Waals surface area contributed by atoms with Crippen LogP contribution in [0.2, 0.25) is 0 Å². The summed E-state index contributed by atoms with van der Waals surface area (Å²) in [6, 6.07) is 8.03. The SMILES string of the molecule is C=CCC1(CC=C)C=C(S(=O)(=O)c2ccccc2)C=CC1(O)O. The Balaban J connectivity index is 2.60. The van der Waals surface area contributed by atoms with Crippen LogP contribution in [0.25, 0.3) is 0 Å². The first-order valence-electron chi connectivity index (χ1n) is 7.18. The Morgan fingerprint density at radius 3 is 2.13 bits per heavy atom. The molecule has 0 saturated carbocycles. The second-order valence-corrected chi connectivity index (χ2v) is 7.51. The lowest BCUT2D eigenvalue weighted by Crippen LogP contribution is -2.47. The molecule has 1 aromatic carbocycles. The molecule has 122 valence electrons. The number of sulfone groups is 1. The molecule has 1 aliphatic rings. The zero-order chi connectivity index (χ0) is 17.1. The van der Waals surface area contributed by atoms with Crippen molar-refractivity contribution in [3.05, 3.63) is 78.8 Å². The number of hydrogen-bond donors (Lipinski definition) is 2. The quantitative estimate of drug-likeness (QED) is 0.620. The van der Waals surface area contributed by atoms with E-state index in [9.17, 15) is 18.6 Å². The van der Waals surface area contributed by atoms with Crippen LogP contribution in [0.3, 0.4) is 0 Å². The molecule has 0 aromatic heterocycles. The van der Waals surface area contributed by atoms with Crippen LogP contribution in [0, 0.1) is 5.41 Å². The molecule has 0 bridgehead atoms. The van der Waals surface area contributed by atoms with E-state index in [4.69, 9.17) is 0 Å². The minimum Gasteiger partial charge on any atom is -0.362 e. The van der Waals surface area contributed by atoms with E-state index in [1.807, 2.05) is 0 Å². The van der Waals surface area contributed by atoms with Crippen LogP contribution in [0.1, 0.15) is 12.8 Å². The lowest BCUT2D eigenvalue weighted by atomic mass is 9.71. The summed E-state index contributed by atoms with van der Waals surface area (Å²) in [5, 5.41) is 20.7. The molecule has 0 amide bonds. The molecule has 5 heteroatoms. The summed E-state index contributed by atoms with van der Waals surface area (Å²) in [5.74, 6) is -2.18. The number of hydrogen-bond acceptors (Lipinski definition) is 4. The molecule has 0 aliphatic heterocycles. The normalized spacial score (nSPS) is 19.0. The zero-order valence-corrected chi connectivity index (χ0v) is 13.5. The molecular weight excluding hydrogens is 312 g/mol. The van der Waals surface area contributed by atoms with Gasteiger partial charge in [0.2, 0.25) is 9.84 Å². The number of benzene rings is 1. The lowest BCUT2D eigenvalue weighted by Gasteiger charge is -2.41. The third kappa shape index (κ3) is 3.08. The molecule has 2 N–H and O–H groups in total. The average Bonchev–Trinajstić information content (AvgIpc) is 2.51. The summed E-state index contributed by atoms with van der Waals surface area (Å²) in [6.45, 7) is 7.27. The Bertz CT molecular complexity index is 745. The molecule has 0 unspecified atom stereocenters. The van der Waals surface area contributed by atoms with Crippen molar-refractivity contribution in [3.8, 4) is 0 Å². The van der Waals surface area contributed by atoms with Crippen LogP contribution < -0.4 is 0 Å². The van der Waals surface area contributed by atoms with Gasteiger partial charge in [-0.05, 0) is 37.1 Å². The fourth-order valence-electron chi connectivity index (χ4n) is 2.71. The van der Waals surface area contributed by atoms with Crippen LogP contribution in [0.5, 0.6) is 0 Å². The van der Waals surface area contributed by atoms with Gasteiger partial charge in [-0.25, -0.2) is 8.42 Å².